The van der Waals surface area contributed by atoms with Crippen LogP contribution in [-0.2, 0) is 9.53 Å². The summed E-state index contributed by atoms with van der Waals surface area (Å²) in [6.07, 6.45) is 1.49. The molecule has 0 amide bonds. The first-order chi connectivity index (χ1) is 19.9. The van der Waals surface area contributed by atoms with E-state index in [1.54, 1.807) is 37.4 Å². The third-order valence-corrected chi connectivity index (χ3v) is 8.19. The molecule has 0 spiro atoms. The Kier molecular flexibility index (Phi) is 8.41. The van der Waals surface area contributed by atoms with Crippen molar-refractivity contribution in [1.82, 2.24) is 9.66 Å². The van der Waals surface area contributed by atoms with Gasteiger partial charge in [0.25, 0.3) is 5.56 Å². The Morgan fingerprint density at radius 1 is 1.02 bits per heavy atom. The molecule has 0 radical (unpaired) electrons. The van der Waals surface area contributed by atoms with Crippen LogP contribution in [0, 0.1) is 0 Å². The number of furan rings is 1. The van der Waals surface area contributed by atoms with Crippen molar-refractivity contribution < 1.29 is 28.2 Å². The summed E-state index contributed by atoms with van der Waals surface area (Å²) in [5, 5.41) is 5.67. The van der Waals surface area contributed by atoms with Gasteiger partial charge < -0.3 is 23.4 Å². The van der Waals surface area contributed by atoms with Crippen LogP contribution in [0.15, 0.2) is 77.9 Å². The SMILES string of the molecule is CCOc1cc(C=Nn2c(-c3cc4c(OC)cccc4o3)nc3ccccc3c2=O)c(Br)c(Br)c1OCC(=O)OC. The third-order valence-electron chi connectivity index (χ3n) is 6.05. The summed E-state index contributed by atoms with van der Waals surface area (Å²) in [4.78, 5) is 30.0. The van der Waals surface area contributed by atoms with Crippen LogP contribution < -0.4 is 19.8 Å². The maximum absolute atomic E-state index is 13.7. The van der Waals surface area contributed by atoms with Crippen LogP contribution in [0.25, 0.3) is 33.5 Å². The highest BCUT2D eigenvalue weighted by atomic mass is 79.9. The molecule has 5 rings (SSSR count). The predicted molar refractivity (Wildman–Crippen MR) is 161 cm³/mol. The van der Waals surface area contributed by atoms with E-state index in [2.05, 4.69) is 41.7 Å². The number of halogens is 2. The minimum Gasteiger partial charge on any atom is -0.496 e. The summed E-state index contributed by atoms with van der Waals surface area (Å²) in [5.41, 5.74) is 1.25. The van der Waals surface area contributed by atoms with Gasteiger partial charge in [-0.1, -0.05) is 18.2 Å². The minimum absolute atomic E-state index is 0.210. The number of nitrogens with zero attached hydrogens (tertiary/aromatic N) is 3. The fourth-order valence-corrected chi connectivity index (χ4v) is 5.05. The quantitative estimate of drug-likeness (QED) is 0.134. The smallest absolute Gasteiger partial charge is 0.343 e. The van der Waals surface area contributed by atoms with E-state index in [0.717, 1.165) is 5.39 Å². The summed E-state index contributed by atoms with van der Waals surface area (Å²) in [7, 11) is 2.85. The normalized spacial score (nSPS) is 11.3. The van der Waals surface area contributed by atoms with Crippen LogP contribution in [-0.4, -0.2) is 49.3 Å². The number of benzene rings is 3. The van der Waals surface area contributed by atoms with Gasteiger partial charge in [-0.15, -0.1) is 0 Å². The Balaban J connectivity index is 1.65. The first-order valence-corrected chi connectivity index (χ1v) is 13.9. The molecule has 0 saturated carbocycles. The first-order valence-electron chi connectivity index (χ1n) is 12.3. The average molecular weight is 685 g/mol. The van der Waals surface area contributed by atoms with E-state index in [-0.39, 0.29) is 18.0 Å². The number of esters is 1. The van der Waals surface area contributed by atoms with Crippen LogP contribution in [0.4, 0.5) is 0 Å². The molecule has 41 heavy (non-hydrogen) atoms. The van der Waals surface area contributed by atoms with Gasteiger partial charge in [0.15, 0.2) is 23.9 Å². The van der Waals surface area contributed by atoms with Crippen molar-refractivity contribution in [2.24, 2.45) is 5.10 Å². The minimum atomic E-state index is -0.542. The molecule has 0 aliphatic rings. The number of hydrogen-bond donors (Lipinski definition) is 0. The van der Waals surface area contributed by atoms with Gasteiger partial charge in [0, 0.05) is 10.0 Å². The molecule has 2 aromatic heterocycles. The lowest BCUT2D eigenvalue weighted by Crippen LogP contribution is -2.20. The average Bonchev–Trinajstić information content (AvgIpc) is 3.43. The molecule has 0 unspecified atom stereocenters. The maximum Gasteiger partial charge on any atom is 0.343 e. The zero-order chi connectivity index (χ0) is 29.1. The van der Waals surface area contributed by atoms with Crippen molar-refractivity contribution in [2.75, 3.05) is 27.4 Å². The largest absolute Gasteiger partial charge is 0.496 e. The third kappa shape index (κ3) is 5.57. The molecular formula is C29H23Br2N3O7. The number of fused-ring (bicyclic) bond motifs is 2. The molecule has 0 atom stereocenters. The summed E-state index contributed by atoms with van der Waals surface area (Å²) in [6.45, 7) is 1.86. The molecule has 10 nitrogen and oxygen atoms in total. The molecule has 2 heterocycles. The molecular weight excluding hydrogens is 662 g/mol. The number of methoxy groups -OCH3 is 2. The Morgan fingerprint density at radius 2 is 1.83 bits per heavy atom. The molecule has 210 valence electrons. The van der Waals surface area contributed by atoms with Crippen LogP contribution in [0.2, 0.25) is 0 Å². The second-order valence-electron chi connectivity index (χ2n) is 8.52. The second kappa shape index (κ2) is 12.1. The monoisotopic (exact) mass is 683 g/mol. The molecule has 0 saturated heterocycles. The lowest BCUT2D eigenvalue weighted by atomic mass is 10.2. The maximum atomic E-state index is 13.7. The van der Waals surface area contributed by atoms with Crippen molar-refractivity contribution in [3.63, 3.8) is 0 Å². The number of hydrogen-bond acceptors (Lipinski definition) is 9. The van der Waals surface area contributed by atoms with Crippen LogP contribution in [0.3, 0.4) is 0 Å². The highest BCUT2D eigenvalue weighted by Crippen LogP contribution is 2.42. The fourth-order valence-electron chi connectivity index (χ4n) is 4.12. The van der Waals surface area contributed by atoms with E-state index in [0.29, 0.717) is 60.6 Å². The van der Waals surface area contributed by atoms with Crippen molar-refractivity contribution in [2.45, 2.75) is 6.92 Å². The van der Waals surface area contributed by atoms with Gasteiger partial charge in [-0.3, -0.25) is 4.79 Å². The van der Waals surface area contributed by atoms with E-state index in [1.807, 2.05) is 31.2 Å². The lowest BCUT2D eigenvalue weighted by molar-refractivity contribution is -0.142. The standard InChI is InChI=1S/C29H23Br2N3O7/c1-4-39-22-12-16(25(30)26(31)27(22)40-15-24(35)38-3)14-32-34-28(33-19-9-6-5-8-17(19)29(34)36)23-13-18-20(37-2)10-7-11-21(18)41-23/h5-14H,4,15H2,1-3H3. The summed E-state index contributed by atoms with van der Waals surface area (Å²) in [5.74, 6) is 1.31. The van der Waals surface area contributed by atoms with E-state index < -0.39 is 5.97 Å². The zero-order valence-electron chi connectivity index (χ0n) is 22.1. The molecule has 0 aliphatic heterocycles. The zero-order valence-corrected chi connectivity index (χ0v) is 25.3. The number of ether oxygens (including phenoxy) is 4. The van der Waals surface area contributed by atoms with Gasteiger partial charge >= 0.3 is 5.97 Å². The predicted octanol–water partition coefficient (Wildman–Crippen LogP) is 6.18. The van der Waals surface area contributed by atoms with Gasteiger partial charge in [-0.05, 0) is 75.2 Å². The Hall–Kier alpha value is -4.16. The highest BCUT2D eigenvalue weighted by molar-refractivity contribution is 9.13. The van der Waals surface area contributed by atoms with Gasteiger partial charge in [0.2, 0.25) is 5.82 Å². The van der Waals surface area contributed by atoms with E-state index in [4.69, 9.17) is 23.6 Å². The molecule has 3 aromatic carbocycles. The molecule has 0 N–H and O–H groups in total. The van der Waals surface area contributed by atoms with Gasteiger partial charge in [0.05, 0.1) is 47.8 Å². The van der Waals surface area contributed by atoms with Crippen LogP contribution in [0.5, 0.6) is 17.2 Å². The first kappa shape index (κ1) is 28.4. The highest BCUT2D eigenvalue weighted by Gasteiger charge is 2.20. The topological polar surface area (TPSA) is 114 Å². The van der Waals surface area contributed by atoms with Crippen molar-refractivity contribution in [1.29, 1.82) is 0 Å². The summed E-state index contributed by atoms with van der Waals surface area (Å²) < 4.78 is 29.9. The molecule has 0 fully saturated rings. The molecule has 0 bridgehead atoms. The lowest BCUT2D eigenvalue weighted by Gasteiger charge is -2.15. The summed E-state index contributed by atoms with van der Waals surface area (Å²) >= 11 is 7.06. The van der Waals surface area contributed by atoms with Crippen molar-refractivity contribution in [3.05, 3.63) is 79.5 Å². The van der Waals surface area contributed by atoms with E-state index in [1.165, 1.54) is 18.0 Å². The van der Waals surface area contributed by atoms with Gasteiger partial charge in [-0.2, -0.15) is 9.78 Å². The summed E-state index contributed by atoms with van der Waals surface area (Å²) in [6, 6.07) is 15.9. The van der Waals surface area contributed by atoms with Gasteiger partial charge in [0.1, 0.15) is 11.3 Å². The molecule has 5 aromatic rings. The van der Waals surface area contributed by atoms with Crippen LogP contribution >= 0.6 is 31.9 Å². The Labute approximate surface area is 250 Å². The van der Waals surface area contributed by atoms with Crippen molar-refractivity contribution in [3.8, 4) is 28.8 Å². The van der Waals surface area contributed by atoms with Crippen LogP contribution in [0.1, 0.15) is 12.5 Å². The number of para-hydroxylation sites is 1. The second-order valence-corrected chi connectivity index (χ2v) is 10.1. The number of carbonyl (C=O) groups excluding carboxylic acids is 1. The number of aromatic nitrogens is 2. The molecule has 12 heteroatoms. The molecule has 0 aliphatic carbocycles. The van der Waals surface area contributed by atoms with Gasteiger partial charge in [-0.25, -0.2) is 9.78 Å². The fraction of sp³-hybridized carbons (Fsp3) is 0.172. The van der Waals surface area contributed by atoms with E-state index >= 15 is 0 Å². The Bertz CT molecular complexity index is 1860. The number of rotatable bonds is 9. The van der Waals surface area contributed by atoms with Crippen molar-refractivity contribution >= 4 is 65.9 Å². The Morgan fingerprint density at radius 3 is 2.59 bits per heavy atom. The van der Waals surface area contributed by atoms with E-state index in [9.17, 15) is 9.59 Å². The number of carbonyl (C=O) groups is 1.